The first-order valence-electron chi connectivity index (χ1n) is 8.87. The molecule has 0 spiro atoms. The highest BCUT2D eigenvalue weighted by Crippen LogP contribution is 2.39. The van der Waals surface area contributed by atoms with Crippen LogP contribution >= 0.6 is 23.5 Å². The van der Waals surface area contributed by atoms with Crippen LogP contribution < -0.4 is 14.8 Å². The summed E-state index contributed by atoms with van der Waals surface area (Å²) < 4.78 is 39.9. The number of carbonyl (C=O) groups is 1. The molecule has 1 aromatic heterocycles. The fourth-order valence-corrected chi connectivity index (χ4v) is 5.34. The Labute approximate surface area is 183 Å². The zero-order valence-corrected chi connectivity index (χ0v) is 18.6. The summed E-state index contributed by atoms with van der Waals surface area (Å²) in [6.45, 7) is 4.31. The number of halogens is 1. The zero-order chi connectivity index (χ0) is 21.7. The third kappa shape index (κ3) is 5.52. The number of nitrogens with zero attached hydrogens (tertiary/aromatic N) is 3. The number of amides is 2. The van der Waals surface area contributed by atoms with Gasteiger partial charge in [0.15, 0.2) is 0 Å². The first-order chi connectivity index (χ1) is 14.3. The SMILES string of the molecule is CCOCCN1Cc2cccc(S(=O)(=O)NC(=O)Nc3nc(Cl)cc(OC)n3)c2S1. The third-order valence-electron chi connectivity index (χ3n) is 3.94. The van der Waals surface area contributed by atoms with Gasteiger partial charge in [-0.15, -0.1) is 0 Å². The van der Waals surface area contributed by atoms with Crippen molar-refractivity contribution < 1.29 is 22.7 Å². The highest BCUT2D eigenvalue weighted by atomic mass is 35.5. The molecule has 0 aliphatic carbocycles. The summed E-state index contributed by atoms with van der Waals surface area (Å²) in [6.07, 6.45) is 0. The van der Waals surface area contributed by atoms with E-state index in [0.29, 0.717) is 31.2 Å². The number of methoxy groups -OCH3 is 1. The number of benzene rings is 1. The van der Waals surface area contributed by atoms with Gasteiger partial charge >= 0.3 is 6.03 Å². The van der Waals surface area contributed by atoms with Gasteiger partial charge in [0.05, 0.1) is 13.7 Å². The maximum absolute atomic E-state index is 12.8. The molecule has 0 radical (unpaired) electrons. The van der Waals surface area contributed by atoms with E-state index in [1.165, 1.54) is 31.2 Å². The lowest BCUT2D eigenvalue weighted by Gasteiger charge is -2.13. The number of nitrogens with one attached hydrogen (secondary N) is 2. The highest BCUT2D eigenvalue weighted by Gasteiger charge is 2.29. The highest BCUT2D eigenvalue weighted by molar-refractivity contribution is 7.98. The second-order valence-electron chi connectivity index (χ2n) is 6.01. The van der Waals surface area contributed by atoms with E-state index in [0.717, 1.165) is 5.56 Å². The van der Waals surface area contributed by atoms with Crippen LogP contribution in [0, 0.1) is 0 Å². The van der Waals surface area contributed by atoms with Crippen LogP contribution in [0.5, 0.6) is 5.88 Å². The van der Waals surface area contributed by atoms with Gasteiger partial charge in [0.25, 0.3) is 10.0 Å². The average Bonchev–Trinajstić information content (AvgIpc) is 3.09. The Balaban J connectivity index is 1.72. The zero-order valence-electron chi connectivity index (χ0n) is 16.2. The van der Waals surface area contributed by atoms with Crippen molar-refractivity contribution in [2.24, 2.45) is 0 Å². The molecule has 30 heavy (non-hydrogen) atoms. The smallest absolute Gasteiger partial charge is 0.335 e. The van der Waals surface area contributed by atoms with E-state index in [9.17, 15) is 13.2 Å². The van der Waals surface area contributed by atoms with Crippen LogP contribution in [-0.2, 0) is 21.3 Å². The van der Waals surface area contributed by atoms with Gasteiger partial charge in [-0.2, -0.15) is 4.98 Å². The number of hydrogen-bond donors (Lipinski definition) is 2. The fraction of sp³-hybridized carbons (Fsp3) is 0.353. The maximum atomic E-state index is 12.8. The molecule has 2 amide bonds. The molecule has 0 fully saturated rings. The number of anilines is 1. The van der Waals surface area contributed by atoms with Gasteiger partial charge in [-0.1, -0.05) is 23.7 Å². The predicted molar refractivity (Wildman–Crippen MR) is 112 cm³/mol. The van der Waals surface area contributed by atoms with Crippen molar-refractivity contribution in [3.8, 4) is 5.88 Å². The Morgan fingerprint density at radius 1 is 1.37 bits per heavy atom. The van der Waals surface area contributed by atoms with Crippen LogP contribution in [0.3, 0.4) is 0 Å². The Hall–Kier alpha value is -2.12. The number of carbonyl (C=O) groups excluding carboxylic acids is 1. The lowest BCUT2D eigenvalue weighted by atomic mass is 10.2. The van der Waals surface area contributed by atoms with Crippen LogP contribution in [-0.4, -0.2) is 55.6 Å². The molecular formula is C17H20ClN5O5S2. The van der Waals surface area contributed by atoms with Gasteiger partial charge in [0, 0.05) is 30.7 Å². The van der Waals surface area contributed by atoms with Crippen LogP contribution in [0.1, 0.15) is 12.5 Å². The minimum Gasteiger partial charge on any atom is -0.481 e. The molecule has 162 valence electrons. The van der Waals surface area contributed by atoms with Crippen molar-refractivity contribution in [3.05, 3.63) is 35.0 Å². The Kier molecular flexibility index (Phi) is 7.36. The van der Waals surface area contributed by atoms with E-state index in [-0.39, 0.29) is 21.9 Å². The molecule has 10 nitrogen and oxygen atoms in total. The lowest BCUT2D eigenvalue weighted by molar-refractivity contribution is 0.136. The number of fused-ring (bicyclic) bond motifs is 1. The number of aromatic nitrogens is 2. The summed E-state index contributed by atoms with van der Waals surface area (Å²) in [7, 11) is -2.77. The summed E-state index contributed by atoms with van der Waals surface area (Å²) >= 11 is 7.15. The standard InChI is InChI=1S/C17H20ClN5O5S2/c1-3-28-8-7-23-10-11-5-4-6-12(15(11)29-23)30(25,26)22-17(24)21-16-19-13(18)9-14(20-16)27-2/h4-6,9H,3,7-8,10H2,1-2H3,(H2,19,20,21,22,24). The number of hydrogen-bond acceptors (Lipinski definition) is 9. The fourth-order valence-electron chi connectivity index (χ4n) is 2.65. The lowest BCUT2D eigenvalue weighted by Crippen LogP contribution is -2.35. The normalized spacial score (nSPS) is 13.7. The van der Waals surface area contributed by atoms with Crippen molar-refractivity contribution in [2.45, 2.75) is 23.3 Å². The van der Waals surface area contributed by atoms with Crippen LogP contribution in [0.4, 0.5) is 10.7 Å². The van der Waals surface area contributed by atoms with Crippen LogP contribution in [0.2, 0.25) is 5.15 Å². The second kappa shape index (κ2) is 9.79. The van der Waals surface area contributed by atoms with Gasteiger partial charge in [0.1, 0.15) is 10.0 Å². The van der Waals surface area contributed by atoms with E-state index < -0.39 is 16.1 Å². The quantitative estimate of drug-likeness (QED) is 0.338. The molecule has 1 aromatic carbocycles. The van der Waals surface area contributed by atoms with E-state index in [4.69, 9.17) is 21.1 Å². The summed E-state index contributed by atoms with van der Waals surface area (Å²) in [6, 6.07) is 5.28. The predicted octanol–water partition coefficient (Wildman–Crippen LogP) is 2.51. The Morgan fingerprint density at radius 2 is 2.17 bits per heavy atom. The van der Waals surface area contributed by atoms with Gasteiger partial charge in [0.2, 0.25) is 11.8 Å². The molecule has 0 atom stereocenters. The molecule has 13 heteroatoms. The van der Waals surface area contributed by atoms with Gasteiger partial charge in [-0.3, -0.25) is 5.32 Å². The Morgan fingerprint density at radius 3 is 2.90 bits per heavy atom. The number of sulfonamides is 1. The first-order valence-corrected chi connectivity index (χ1v) is 11.5. The minimum absolute atomic E-state index is 0.0173. The van der Waals surface area contributed by atoms with Crippen LogP contribution in [0.25, 0.3) is 0 Å². The van der Waals surface area contributed by atoms with Crippen molar-refractivity contribution in [1.29, 1.82) is 0 Å². The first kappa shape index (κ1) is 22.6. The second-order valence-corrected chi connectivity index (χ2v) is 9.16. The summed E-state index contributed by atoms with van der Waals surface area (Å²) in [5, 5.41) is 2.28. The molecule has 3 rings (SSSR count). The largest absolute Gasteiger partial charge is 0.481 e. The Bertz CT molecular complexity index is 1040. The van der Waals surface area contributed by atoms with Gasteiger partial charge in [-0.05, 0) is 30.5 Å². The summed E-state index contributed by atoms with van der Waals surface area (Å²) in [4.78, 5) is 20.6. The molecule has 0 saturated carbocycles. The van der Waals surface area contributed by atoms with Crippen LogP contribution in [0.15, 0.2) is 34.1 Å². The third-order valence-corrected chi connectivity index (χ3v) is 6.87. The van der Waals surface area contributed by atoms with E-state index in [1.807, 2.05) is 22.0 Å². The molecule has 0 saturated heterocycles. The monoisotopic (exact) mass is 473 g/mol. The molecule has 0 unspecified atom stereocenters. The van der Waals surface area contributed by atoms with Gasteiger partial charge < -0.3 is 9.47 Å². The maximum Gasteiger partial charge on any atom is 0.335 e. The summed E-state index contributed by atoms with van der Waals surface area (Å²) in [5.74, 6) is -0.0700. The molecule has 2 heterocycles. The molecule has 1 aliphatic rings. The molecule has 1 aliphatic heterocycles. The van der Waals surface area contributed by atoms with Crippen molar-refractivity contribution in [3.63, 3.8) is 0 Å². The summed E-state index contributed by atoms with van der Waals surface area (Å²) in [5.41, 5.74) is 0.864. The van der Waals surface area contributed by atoms with E-state index in [2.05, 4.69) is 15.3 Å². The van der Waals surface area contributed by atoms with Gasteiger partial charge in [-0.25, -0.2) is 27.2 Å². The van der Waals surface area contributed by atoms with E-state index >= 15 is 0 Å². The molecule has 0 bridgehead atoms. The number of ether oxygens (including phenoxy) is 2. The van der Waals surface area contributed by atoms with Crippen molar-refractivity contribution in [2.75, 3.05) is 32.2 Å². The topological polar surface area (TPSA) is 123 Å². The molecule has 2 aromatic rings. The number of rotatable bonds is 8. The van der Waals surface area contributed by atoms with Crippen molar-refractivity contribution >= 4 is 45.6 Å². The average molecular weight is 474 g/mol. The molecular weight excluding hydrogens is 454 g/mol. The number of urea groups is 1. The minimum atomic E-state index is -4.14. The van der Waals surface area contributed by atoms with E-state index in [1.54, 1.807) is 6.07 Å². The van der Waals surface area contributed by atoms with Crippen molar-refractivity contribution in [1.82, 2.24) is 19.0 Å². The molecule has 2 N–H and O–H groups in total.